The van der Waals surface area contributed by atoms with E-state index in [1.54, 1.807) is 0 Å². The third-order valence-electron chi connectivity index (χ3n) is 3.99. The minimum atomic E-state index is -0.844. The summed E-state index contributed by atoms with van der Waals surface area (Å²) >= 11 is 0. The van der Waals surface area contributed by atoms with Crippen molar-refractivity contribution in [1.29, 1.82) is 0 Å². The number of aromatic amines is 2. The van der Waals surface area contributed by atoms with Crippen LogP contribution in [0.5, 0.6) is 0 Å². The third kappa shape index (κ3) is 4.56. The first-order valence-corrected chi connectivity index (χ1v) is 7.18. The maximum Gasteiger partial charge on any atom is 0.325 e. The zero-order valence-corrected chi connectivity index (χ0v) is 12.1. The van der Waals surface area contributed by atoms with Crippen molar-refractivity contribution in [3.05, 3.63) is 32.6 Å². The van der Waals surface area contributed by atoms with Gasteiger partial charge in [0.1, 0.15) is 0 Å². The second-order valence-corrected chi connectivity index (χ2v) is 5.97. The van der Waals surface area contributed by atoms with Gasteiger partial charge in [0.25, 0.3) is 5.56 Å². The van der Waals surface area contributed by atoms with E-state index in [0.29, 0.717) is 18.8 Å². The molecule has 0 aliphatic heterocycles. The molecule has 7 nitrogen and oxygen atoms in total. The molecule has 0 unspecified atom stereocenters. The van der Waals surface area contributed by atoms with Crippen LogP contribution in [-0.4, -0.2) is 33.1 Å². The summed E-state index contributed by atoms with van der Waals surface area (Å²) in [6, 6.07) is 1.18. The van der Waals surface area contributed by atoms with Gasteiger partial charge in [-0.2, -0.15) is 0 Å². The second-order valence-electron chi connectivity index (χ2n) is 5.97. The Morgan fingerprint density at radius 2 is 2.05 bits per heavy atom. The van der Waals surface area contributed by atoms with Crippen LogP contribution in [0.2, 0.25) is 0 Å². The number of carbonyl (C=O) groups is 1. The molecule has 1 aliphatic rings. The molecule has 0 saturated heterocycles. The topological polar surface area (TPSA) is 115 Å². The maximum absolute atomic E-state index is 11.8. The Hall–Kier alpha value is -1.89. The number of aliphatic hydroxyl groups is 1. The SMILES string of the molecule is CC1CCC(O)(CNC(=O)Cc2cc(=O)[nH]c(=O)[nH]2)CC1. The Kier molecular flexibility index (Phi) is 4.62. The highest BCUT2D eigenvalue weighted by Crippen LogP contribution is 2.31. The summed E-state index contributed by atoms with van der Waals surface area (Å²) in [5.74, 6) is 0.283. The second kappa shape index (κ2) is 6.26. The van der Waals surface area contributed by atoms with Crippen LogP contribution in [0.3, 0.4) is 0 Å². The number of nitrogens with one attached hydrogen (secondary N) is 3. The summed E-state index contributed by atoms with van der Waals surface area (Å²) < 4.78 is 0. The predicted octanol–water partition coefficient (Wildman–Crippen LogP) is -0.337. The van der Waals surface area contributed by atoms with Gasteiger partial charge in [-0.25, -0.2) is 4.79 Å². The molecule has 1 aliphatic carbocycles. The number of H-pyrrole nitrogens is 2. The molecule has 21 heavy (non-hydrogen) atoms. The lowest BCUT2D eigenvalue weighted by molar-refractivity contribution is -0.122. The molecule has 0 radical (unpaired) electrons. The van der Waals surface area contributed by atoms with Crippen molar-refractivity contribution >= 4 is 5.91 Å². The molecule has 4 N–H and O–H groups in total. The largest absolute Gasteiger partial charge is 0.388 e. The van der Waals surface area contributed by atoms with Gasteiger partial charge in [-0.15, -0.1) is 0 Å². The highest BCUT2D eigenvalue weighted by Gasteiger charge is 2.31. The highest BCUT2D eigenvalue weighted by molar-refractivity contribution is 5.78. The molecule has 1 heterocycles. The number of hydrogen-bond donors (Lipinski definition) is 4. The zero-order valence-electron chi connectivity index (χ0n) is 12.1. The molecule has 0 atom stereocenters. The molecule has 116 valence electrons. The zero-order chi connectivity index (χ0) is 15.5. The van der Waals surface area contributed by atoms with Gasteiger partial charge in [0.2, 0.25) is 5.91 Å². The van der Waals surface area contributed by atoms with E-state index in [4.69, 9.17) is 0 Å². The lowest BCUT2D eigenvalue weighted by Gasteiger charge is -2.34. The summed E-state index contributed by atoms with van der Waals surface area (Å²) in [4.78, 5) is 38.5. The molecule has 0 aromatic carbocycles. The molecule has 0 spiro atoms. The van der Waals surface area contributed by atoms with E-state index in [9.17, 15) is 19.5 Å². The van der Waals surface area contributed by atoms with Crippen molar-refractivity contribution < 1.29 is 9.90 Å². The van der Waals surface area contributed by atoms with E-state index in [0.717, 1.165) is 12.8 Å². The fourth-order valence-corrected chi connectivity index (χ4v) is 2.59. The summed E-state index contributed by atoms with van der Waals surface area (Å²) in [6.45, 7) is 2.35. The average Bonchev–Trinajstić information content (AvgIpc) is 2.39. The molecule has 1 amide bonds. The van der Waals surface area contributed by atoms with E-state index in [2.05, 4.69) is 17.2 Å². The van der Waals surface area contributed by atoms with Crippen molar-refractivity contribution in [2.45, 2.75) is 44.6 Å². The van der Waals surface area contributed by atoms with Crippen LogP contribution >= 0.6 is 0 Å². The smallest absolute Gasteiger partial charge is 0.325 e. The van der Waals surface area contributed by atoms with Crippen molar-refractivity contribution in [3.63, 3.8) is 0 Å². The van der Waals surface area contributed by atoms with E-state index in [1.165, 1.54) is 6.07 Å². The first-order valence-electron chi connectivity index (χ1n) is 7.18. The van der Waals surface area contributed by atoms with Crippen LogP contribution in [0.25, 0.3) is 0 Å². The molecule has 0 bridgehead atoms. The van der Waals surface area contributed by atoms with E-state index >= 15 is 0 Å². The molecule has 2 rings (SSSR count). The van der Waals surface area contributed by atoms with Crippen LogP contribution in [0.15, 0.2) is 15.7 Å². The van der Waals surface area contributed by atoms with Crippen molar-refractivity contribution in [1.82, 2.24) is 15.3 Å². The number of amides is 1. The van der Waals surface area contributed by atoms with Crippen LogP contribution in [-0.2, 0) is 11.2 Å². The van der Waals surface area contributed by atoms with Crippen molar-refractivity contribution in [3.8, 4) is 0 Å². The molecule has 1 saturated carbocycles. The summed E-state index contributed by atoms with van der Waals surface area (Å²) in [7, 11) is 0. The van der Waals surface area contributed by atoms with Gasteiger partial charge in [0.15, 0.2) is 0 Å². The van der Waals surface area contributed by atoms with Gasteiger partial charge in [-0.1, -0.05) is 6.92 Å². The molecule has 1 aromatic rings. The third-order valence-corrected chi connectivity index (χ3v) is 3.99. The summed E-state index contributed by atoms with van der Waals surface area (Å²) in [5.41, 5.74) is -1.76. The monoisotopic (exact) mass is 295 g/mol. The quantitative estimate of drug-likeness (QED) is 0.608. The number of rotatable bonds is 4. The minimum Gasteiger partial charge on any atom is -0.388 e. The number of aromatic nitrogens is 2. The van der Waals surface area contributed by atoms with Gasteiger partial charge >= 0.3 is 5.69 Å². The highest BCUT2D eigenvalue weighted by atomic mass is 16.3. The number of carbonyl (C=O) groups excluding carboxylic acids is 1. The lowest BCUT2D eigenvalue weighted by atomic mass is 9.79. The first kappa shape index (κ1) is 15.5. The van der Waals surface area contributed by atoms with Crippen molar-refractivity contribution in [2.24, 2.45) is 5.92 Å². The molecular formula is C14H21N3O4. The standard InChI is InChI=1S/C14H21N3O4/c1-9-2-4-14(21,5-3-9)8-15-11(18)6-10-7-12(19)17-13(20)16-10/h7,9,21H,2-6,8H2,1H3,(H,15,18)(H2,16,17,19,20). The fourth-order valence-electron chi connectivity index (χ4n) is 2.59. The normalized spacial score (nSPS) is 25.5. The average molecular weight is 295 g/mol. The van der Waals surface area contributed by atoms with E-state index in [1.807, 2.05) is 4.98 Å². The Morgan fingerprint density at radius 3 is 2.67 bits per heavy atom. The van der Waals surface area contributed by atoms with Gasteiger partial charge in [0, 0.05) is 18.3 Å². The number of hydrogen-bond acceptors (Lipinski definition) is 4. The molecular weight excluding hydrogens is 274 g/mol. The Morgan fingerprint density at radius 1 is 1.38 bits per heavy atom. The van der Waals surface area contributed by atoms with E-state index < -0.39 is 16.9 Å². The van der Waals surface area contributed by atoms with E-state index in [-0.39, 0.29) is 24.6 Å². The van der Waals surface area contributed by atoms with Gasteiger partial charge < -0.3 is 15.4 Å². The van der Waals surface area contributed by atoms with Crippen LogP contribution in [0.1, 0.15) is 38.3 Å². The van der Waals surface area contributed by atoms with Gasteiger partial charge in [0.05, 0.1) is 12.0 Å². The predicted molar refractivity (Wildman–Crippen MR) is 77.0 cm³/mol. The fraction of sp³-hybridized carbons (Fsp3) is 0.643. The van der Waals surface area contributed by atoms with Crippen LogP contribution in [0.4, 0.5) is 0 Å². The summed E-state index contributed by atoms with van der Waals surface area (Å²) in [5, 5.41) is 13.0. The van der Waals surface area contributed by atoms with Crippen molar-refractivity contribution in [2.75, 3.05) is 6.54 Å². The Bertz CT molecular complexity index is 583. The van der Waals surface area contributed by atoms with Crippen LogP contribution in [0, 0.1) is 5.92 Å². The Labute approximate surface area is 121 Å². The maximum atomic E-state index is 11.8. The summed E-state index contributed by atoms with van der Waals surface area (Å²) in [6.07, 6.45) is 3.17. The van der Waals surface area contributed by atoms with Gasteiger partial charge in [-0.3, -0.25) is 14.6 Å². The first-order chi connectivity index (χ1) is 9.86. The molecule has 1 aromatic heterocycles. The van der Waals surface area contributed by atoms with Gasteiger partial charge in [-0.05, 0) is 31.6 Å². The lowest BCUT2D eigenvalue weighted by Crippen LogP contribution is -2.45. The van der Waals surface area contributed by atoms with Crippen LogP contribution < -0.4 is 16.6 Å². The molecule has 1 fully saturated rings. The molecule has 7 heteroatoms. The Balaban J connectivity index is 1.87. The minimum absolute atomic E-state index is 0.0916.